The lowest BCUT2D eigenvalue weighted by atomic mass is 9.68. The number of hydrogen-bond donors (Lipinski definition) is 0. The van der Waals surface area contributed by atoms with E-state index in [0.717, 1.165) is 12.8 Å². The van der Waals surface area contributed by atoms with Crippen LogP contribution in [-0.4, -0.2) is 10.8 Å². The molecule has 3 rings (SSSR count). The molecule has 1 heterocycles. The lowest BCUT2D eigenvalue weighted by Crippen LogP contribution is -2.34. The van der Waals surface area contributed by atoms with Crippen molar-refractivity contribution in [2.45, 2.75) is 25.2 Å². The Labute approximate surface area is 95.4 Å². The standard InChI is InChI=1S/C14H15NO/c16-14-10-3-1-5-13(14)12(7-6-10)11-4-2-8-15-9-11/h2,4,6-10,12-13H,1,3,5H2/t10?,12-,13?/m0/s1. The molecule has 0 amide bonds. The number of carbonyl (C=O) groups excluding carboxylic acids is 1. The van der Waals surface area contributed by atoms with Crippen molar-refractivity contribution in [1.29, 1.82) is 0 Å². The van der Waals surface area contributed by atoms with Gasteiger partial charge in [-0.1, -0.05) is 24.6 Å². The monoisotopic (exact) mass is 213 g/mol. The maximum atomic E-state index is 12.1. The van der Waals surface area contributed by atoms with Gasteiger partial charge in [-0.25, -0.2) is 0 Å². The second-order valence-electron chi connectivity index (χ2n) is 4.74. The summed E-state index contributed by atoms with van der Waals surface area (Å²) in [6, 6.07) is 4.02. The molecule has 2 aliphatic rings. The number of allylic oxidation sites excluding steroid dienone is 2. The Hall–Kier alpha value is -1.44. The number of fused-ring (bicyclic) bond motifs is 2. The average molecular weight is 213 g/mol. The van der Waals surface area contributed by atoms with Crippen LogP contribution in [0.4, 0.5) is 0 Å². The second kappa shape index (κ2) is 3.85. The highest BCUT2D eigenvalue weighted by Gasteiger charge is 2.37. The van der Waals surface area contributed by atoms with Crippen LogP contribution in [0, 0.1) is 11.8 Å². The Bertz CT molecular complexity index is 424. The highest BCUT2D eigenvalue weighted by Crippen LogP contribution is 2.41. The van der Waals surface area contributed by atoms with Gasteiger partial charge in [-0.3, -0.25) is 9.78 Å². The molecular formula is C14H15NO. The van der Waals surface area contributed by atoms with E-state index in [0.29, 0.717) is 5.78 Å². The van der Waals surface area contributed by atoms with E-state index in [2.05, 4.69) is 23.2 Å². The fraction of sp³-hybridized carbons (Fsp3) is 0.429. The van der Waals surface area contributed by atoms with Crippen LogP contribution in [-0.2, 0) is 4.79 Å². The maximum Gasteiger partial charge on any atom is 0.143 e. The minimum atomic E-state index is 0.201. The van der Waals surface area contributed by atoms with Crippen LogP contribution in [0.25, 0.3) is 0 Å². The zero-order valence-corrected chi connectivity index (χ0v) is 9.17. The van der Waals surface area contributed by atoms with Gasteiger partial charge in [0.05, 0.1) is 0 Å². The molecule has 0 radical (unpaired) electrons. The number of carbonyl (C=O) groups is 1. The van der Waals surface area contributed by atoms with Crippen LogP contribution in [0.2, 0.25) is 0 Å². The SMILES string of the molecule is O=C1C2C=C[C@@H](c3cccnc3)C1CCC2. The third-order valence-corrected chi connectivity index (χ3v) is 3.81. The molecule has 0 aromatic carbocycles. The van der Waals surface area contributed by atoms with Gasteiger partial charge >= 0.3 is 0 Å². The van der Waals surface area contributed by atoms with Crippen molar-refractivity contribution in [3.8, 4) is 0 Å². The van der Waals surface area contributed by atoms with Gasteiger partial charge in [0.15, 0.2) is 0 Å². The van der Waals surface area contributed by atoms with Crippen LogP contribution in [0.15, 0.2) is 36.7 Å². The summed E-state index contributed by atoms with van der Waals surface area (Å²) in [6.07, 6.45) is 11.3. The fourth-order valence-corrected chi connectivity index (χ4v) is 2.97. The molecule has 2 aliphatic carbocycles. The molecule has 1 fully saturated rings. The van der Waals surface area contributed by atoms with Crippen molar-refractivity contribution < 1.29 is 4.79 Å². The van der Waals surface area contributed by atoms with Crippen LogP contribution < -0.4 is 0 Å². The molecule has 0 spiro atoms. The van der Waals surface area contributed by atoms with E-state index in [1.54, 1.807) is 6.20 Å². The van der Waals surface area contributed by atoms with Crippen LogP contribution >= 0.6 is 0 Å². The summed E-state index contributed by atoms with van der Waals surface area (Å²) in [6.45, 7) is 0. The van der Waals surface area contributed by atoms with Gasteiger partial charge < -0.3 is 0 Å². The Kier molecular flexibility index (Phi) is 2.35. The zero-order chi connectivity index (χ0) is 11.0. The lowest BCUT2D eigenvalue weighted by Gasteiger charge is -2.34. The highest BCUT2D eigenvalue weighted by molar-refractivity contribution is 5.88. The molecule has 2 nitrogen and oxygen atoms in total. The fourth-order valence-electron chi connectivity index (χ4n) is 2.97. The Morgan fingerprint density at radius 2 is 2.19 bits per heavy atom. The van der Waals surface area contributed by atoms with E-state index in [1.165, 1.54) is 12.0 Å². The van der Waals surface area contributed by atoms with E-state index in [4.69, 9.17) is 0 Å². The van der Waals surface area contributed by atoms with Crippen molar-refractivity contribution in [3.05, 3.63) is 42.2 Å². The molecule has 2 unspecified atom stereocenters. The normalized spacial score (nSPS) is 32.8. The molecule has 1 saturated carbocycles. The van der Waals surface area contributed by atoms with Gasteiger partial charge in [0.2, 0.25) is 0 Å². The van der Waals surface area contributed by atoms with E-state index >= 15 is 0 Å². The first-order valence-electron chi connectivity index (χ1n) is 5.98. The maximum absolute atomic E-state index is 12.1. The van der Waals surface area contributed by atoms with E-state index < -0.39 is 0 Å². The lowest BCUT2D eigenvalue weighted by molar-refractivity contribution is -0.128. The molecule has 0 aliphatic heterocycles. The second-order valence-corrected chi connectivity index (χ2v) is 4.74. The van der Waals surface area contributed by atoms with Crippen molar-refractivity contribution in [2.75, 3.05) is 0 Å². The van der Waals surface area contributed by atoms with Gasteiger partial charge in [0.1, 0.15) is 5.78 Å². The van der Waals surface area contributed by atoms with Gasteiger partial charge in [0, 0.05) is 30.1 Å². The van der Waals surface area contributed by atoms with Crippen LogP contribution in [0.3, 0.4) is 0 Å². The molecule has 16 heavy (non-hydrogen) atoms. The molecule has 2 bridgehead atoms. The van der Waals surface area contributed by atoms with E-state index in [1.807, 2.05) is 12.3 Å². The van der Waals surface area contributed by atoms with Gasteiger partial charge in [-0.15, -0.1) is 0 Å². The molecule has 1 aromatic heterocycles. The third-order valence-electron chi connectivity index (χ3n) is 3.81. The number of pyridine rings is 1. The number of ketones is 1. The van der Waals surface area contributed by atoms with Crippen molar-refractivity contribution in [3.63, 3.8) is 0 Å². The van der Waals surface area contributed by atoms with E-state index in [9.17, 15) is 4.79 Å². The van der Waals surface area contributed by atoms with Crippen molar-refractivity contribution >= 4 is 5.78 Å². The summed E-state index contributed by atoms with van der Waals surface area (Å²) >= 11 is 0. The third kappa shape index (κ3) is 1.49. The quantitative estimate of drug-likeness (QED) is 0.671. The first kappa shape index (κ1) is 9.76. The molecule has 3 atom stereocenters. The van der Waals surface area contributed by atoms with Crippen molar-refractivity contribution in [2.24, 2.45) is 11.8 Å². The van der Waals surface area contributed by atoms with Gasteiger partial charge in [0.25, 0.3) is 0 Å². The number of hydrogen-bond acceptors (Lipinski definition) is 2. The summed E-state index contributed by atoms with van der Waals surface area (Å²) in [5.41, 5.74) is 1.18. The Morgan fingerprint density at radius 3 is 3.00 bits per heavy atom. The molecule has 1 aromatic rings. The summed E-state index contributed by atoms with van der Waals surface area (Å²) in [5, 5.41) is 0. The average Bonchev–Trinajstić information content (AvgIpc) is 2.30. The zero-order valence-electron chi connectivity index (χ0n) is 9.17. The first-order valence-corrected chi connectivity index (χ1v) is 5.98. The van der Waals surface area contributed by atoms with Crippen LogP contribution in [0.1, 0.15) is 30.7 Å². The molecule has 2 heteroatoms. The molecule has 0 N–H and O–H groups in total. The van der Waals surface area contributed by atoms with Gasteiger partial charge in [-0.05, 0) is 24.5 Å². The molecular weight excluding hydrogens is 198 g/mol. The summed E-state index contributed by atoms with van der Waals surface area (Å²) in [7, 11) is 0. The number of nitrogens with zero attached hydrogens (tertiary/aromatic N) is 1. The predicted octanol–water partition coefficient (Wildman–Crippen LogP) is 2.72. The Balaban J connectivity index is 1.97. The largest absolute Gasteiger partial charge is 0.299 e. The Morgan fingerprint density at radius 1 is 1.25 bits per heavy atom. The number of Topliss-reactive ketones (excluding diaryl/α,β-unsaturated/α-hetero) is 1. The van der Waals surface area contributed by atoms with Gasteiger partial charge in [-0.2, -0.15) is 0 Å². The topological polar surface area (TPSA) is 30.0 Å². The van der Waals surface area contributed by atoms with Crippen LogP contribution in [0.5, 0.6) is 0 Å². The first-order chi connectivity index (χ1) is 7.86. The molecule has 82 valence electrons. The smallest absolute Gasteiger partial charge is 0.143 e. The summed E-state index contributed by atoms with van der Waals surface area (Å²) in [4.78, 5) is 16.3. The number of aromatic nitrogens is 1. The minimum absolute atomic E-state index is 0.201. The minimum Gasteiger partial charge on any atom is -0.299 e. The highest BCUT2D eigenvalue weighted by atomic mass is 16.1. The van der Waals surface area contributed by atoms with Crippen molar-refractivity contribution in [1.82, 2.24) is 4.98 Å². The number of rotatable bonds is 1. The molecule has 0 saturated heterocycles. The summed E-state index contributed by atoms with van der Waals surface area (Å²) < 4.78 is 0. The summed E-state index contributed by atoms with van der Waals surface area (Å²) in [5.74, 6) is 1.11. The predicted molar refractivity (Wildman–Crippen MR) is 62.0 cm³/mol. The van der Waals surface area contributed by atoms with E-state index in [-0.39, 0.29) is 17.8 Å².